The van der Waals surface area contributed by atoms with Gasteiger partial charge < -0.3 is 14.6 Å². The topological polar surface area (TPSA) is 89.9 Å². The van der Waals surface area contributed by atoms with E-state index in [0.29, 0.717) is 36.4 Å². The van der Waals surface area contributed by atoms with Crippen LogP contribution >= 0.6 is 0 Å². The summed E-state index contributed by atoms with van der Waals surface area (Å²) in [4.78, 5) is 10.1. The van der Waals surface area contributed by atoms with Gasteiger partial charge in [0.1, 0.15) is 22.2 Å². The Labute approximate surface area is 216 Å². The molecule has 0 amide bonds. The average Bonchev–Trinajstić information content (AvgIpc) is 2.83. The Hall–Kier alpha value is -4.07. The minimum absolute atomic E-state index is 0.0803. The van der Waals surface area contributed by atoms with E-state index in [4.69, 9.17) is 4.74 Å². The molecule has 0 bridgehead atoms. The second-order valence-electron chi connectivity index (χ2n) is 7.71. The molecule has 0 unspecified atom stereocenters. The monoisotopic (exact) mass is 578 g/mol. The van der Waals surface area contributed by atoms with E-state index in [0.717, 1.165) is 30.3 Å². The van der Waals surface area contributed by atoms with Crippen LogP contribution in [0.3, 0.4) is 0 Å². The molecule has 3 rings (SSSR count). The van der Waals surface area contributed by atoms with Gasteiger partial charge in [-0.15, -0.1) is 0 Å². The molecule has 1 N–H and O–H groups in total. The summed E-state index contributed by atoms with van der Waals surface area (Å²) in [6, 6.07) is 5.89. The summed E-state index contributed by atoms with van der Waals surface area (Å²) >= 11 is 0. The Morgan fingerprint density at radius 3 is 2.00 bits per heavy atom. The number of phenolic OH excluding ortho intramolecular Hbond substituents is 1. The number of hydrogen-bond donors (Lipinski definition) is 1. The van der Waals surface area contributed by atoms with E-state index in [2.05, 4.69) is 4.74 Å². The zero-order chi connectivity index (χ0) is 29.2. The largest absolute Gasteiger partial charge is 0.507 e. The number of sulfone groups is 1. The molecule has 0 fully saturated rings. The van der Waals surface area contributed by atoms with Gasteiger partial charge in [0.05, 0.1) is 22.6 Å². The first-order chi connectivity index (χ1) is 18.0. The summed E-state index contributed by atoms with van der Waals surface area (Å²) in [6.07, 6.45) is -9.43. The fourth-order valence-electron chi connectivity index (χ4n) is 3.26. The average molecular weight is 578 g/mol. The molecule has 0 aliphatic rings. The van der Waals surface area contributed by atoms with Gasteiger partial charge >= 0.3 is 18.3 Å². The van der Waals surface area contributed by atoms with Crippen LogP contribution in [0, 0.1) is 5.82 Å². The van der Waals surface area contributed by atoms with Crippen molar-refractivity contribution in [3.8, 4) is 17.2 Å². The number of halogens is 7. The number of alkyl halides is 6. The van der Waals surface area contributed by atoms with Crippen molar-refractivity contribution in [3.63, 3.8) is 0 Å². The first kappa shape index (κ1) is 29.5. The Kier molecular flexibility index (Phi) is 8.29. The molecule has 0 saturated carbocycles. The Balaban J connectivity index is 2.17. The molecule has 0 aromatic heterocycles. The molecule has 6 nitrogen and oxygen atoms in total. The maximum Gasteiger partial charge on any atom is 0.420 e. The van der Waals surface area contributed by atoms with Crippen molar-refractivity contribution in [2.75, 3.05) is 6.61 Å². The molecule has 3 aromatic carbocycles. The van der Waals surface area contributed by atoms with Crippen LogP contribution in [-0.4, -0.2) is 26.1 Å². The highest BCUT2D eigenvalue weighted by atomic mass is 32.2. The molecule has 3 aromatic rings. The molecule has 0 saturated heterocycles. The summed E-state index contributed by atoms with van der Waals surface area (Å²) in [6.45, 7) is 1.37. The van der Waals surface area contributed by atoms with E-state index in [-0.39, 0.29) is 6.61 Å². The maximum atomic E-state index is 13.9. The van der Waals surface area contributed by atoms with Gasteiger partial charge in [0.2, 0.25) is 9.84 Å². The van der Waals surface area contributed by atoms with Crippen molar-refractivity contribution in [3.05, 3.63) is 83.2 Å². The Bertz CT molecular complexity index is 1470. The van der Waals surface area contributed by atoms with Crippen molar-refractivity contribution in [2.24, 2.45) is 0 Å². The summed E-state index contributed by atoms with van der Waals surface area (Å²) < 4.78 is 132. The van der Waals surface area contributed by atoms with Crippen LogP contribution in [0.4, 0.5) is 30.7 Å². The molecular formula is C25H17F7O6S. The van der Waals surface area contributed by atoms with Crippen LogP contribution in [0.2, 0.25) is 0 Å². The lowest BCUT2D eigenvalue weighted by Crippen LogP contribution is -2.14. The predicted octanol–water partition coefficient (Wildman–Crippen LogP) is 6.77. The number of aromatic hydroxyl groups is 1. The van der Waals surface area contributed by atoms with Crippen molar-refractivity contribution in [1.82, 2.24) is 0 Å². The molecule has 39 heavy (non-hydrogen) atoms. The van der Waals surface area contributed by atoms with Crippen molar-refractivity contribution < 1.29 is 58.5 Å². The minimum Gasteiger partial charge on any atom is -0.507 e. The lowest BCUT2D eigenvalue weighted by atomic mass is 10.0. The van der Waals surface area contributed by atoms with Crippen molar-refractivity contribution >= 4 is 21.9 Å². The number of carbonyl (C=O) groups is 1. The smallest absolute Gasteiger partial charge is 0.420 e. The van der Waals surface area contributed by atoms with E-state index in [1.807, 2.05) is 0 Å². The third-order valence-electron chi connectivity index (χ3n) is 4.99. The summed E-state index contributed by atoms with van der Waals surface area (Å²) in [5.74, 6) is -5.16. The third kappa shape index (κ3) is 6.88. The molecule has 0 aliphatic carbocycles. The fourth-order valence-corrected chi connectivity index (χ4v) is 4.63. The summed E-state index contributed by atoms with van der Waals surface area (Å²) in [5, 5.41) is 10.1. The van der Waals surface area contributed by atoms with Gasteiger partial charge in [0.15, 0.2) is 5.75 Å². The first-order valence-corrected chi connectivity index (χ1v) is 12.2. The summed E-state index contributed by atoms with van der Waals surface area (Å²) in [5.41, 5.74) is -4.41. The van der Waals surface area contributed by atoms with Gasteiger partial charge in [0.25, 0.3) is 0 Å². The normalized spacial score (nSPS) is 12.5. The van der Waals surface area contributed by atoms with Gasteiger partial charge in [-0.3, -0.25) is 0 Å². The minimum atomic E-state index is -5.39. The summed E-state index contributed by atoms with van der Waals surface area (Å²) in [7, 11) is -4.60. The number of phenols is 1. The molecule has 0 radical (unpaired) electrons. The van der Waals surface area contributed by atoms with E-state index in [9.17, 15) is 49.1 Å². The lowest BCUT2D eigenvalue weighted by molar-refractivity contribution is -0.145. The number of rotatable bonds is 7. The van der Waals surface area contributed by atoms with E-state index in [1.165, 1.54) is 6.92 Å². The van der Waals surface area contributed by atoms with E-state index in [1.54, 1.807) is 0 Å². The second kappa shape index (κ2) is 11.0. The molecule has 0 spiro atoms. The number of benzene rings is 3. The molecule has 14 heteroatoms. The Morgan fingerprint density at radius 1 is 0.923 bits per heavy atom. The zero-order valence-corrected chi connectivity index (χ0v) is 20.4. The van der Waals surface area contributed by atoms with Gasteiger partial charge in [-0.05, 0) is 67.1 Å². The van der Waals surface area contributed by atoms with E-state index < -0.39 is 77.7 Å². The molecule has 0 atom stereocenters. The third-order valence-corrected chi connectivity index (χ3v) is 6.78. The maximum absolute atomic E-state index is 13.9. The lowest BCUT2D eigenvalue weighted by Gasteiger charge is -2.20. The van der Waals surface area contributed by atoms with Gasteiger partial charge in [-0.2, -0.15) is 26.3 Å². The van der Waals surface area contributed by atoms with Crippen LogP contribution < -0.4 is 4.74 Å². The molecular weight excluding hydrogens is 561 g/mol. The molecule has 208 valence electrons. The van der Waals surface area contributed by atoms with Crippen LogP contribution in [0.25, 0.3) is 6.08 Å². The fraction of sp³-hybridized carbons (Fsp3) is 0.160. The van der Waals surface area contributed by atoms with Crippen molar-refractivity contribution in [2.45, 2.75) is 29.1 Å². The van der Waals surface area contributed by atoms with Crippen LogP contribution in [0.5, 0.6) is 17.2 Å². The van der Waals surface area contributed by atoms with E-state index >= 15 is 0 Å². The highest BCUT2D eigenvalue weighted by Gasteiger charge is 2.43. The van der Waals surface area contributed by atoms with Crippen LogP contribution in [-0.2, 0) is 31.7 Å². The van der Waals surface area contributed by atoms with Gasteiger partial charge in [0, 0.05) is 12.1 Å². The first-order valence-electron chi connectivity index (χ1n) is 10.7. The number of ether oxygens (including phenoxy) is 2. The SMILES string of the molecule is CCOC(=O)C=Cc1cc(C(F)(F)F)c(Oc2ccc(O)c(S(=O)(=O)c3ccc(F)cc3)c2)c(C(F)(F)F)c1. The second-order valence-corrected chi connectivity index (χ2v) is 9.63. The quantitative estimate of drug-likeness (QED) is 0.144. The Morgan fingerprint density at radius 2 is 1.49 bits per heavy atom. The van der Waals surface area contributed by atoms with Crippen molar-refractivity contribution in [1.29, 1.82) is 0 Å². The highest BCUT2D eigenvalue weighted by Crippen LogP contribution is 2.47. The molecule has 0 heterocycles. The number of carbonyl (C=O) groups excluding carboxylic acids is 1. The zero-order valence-electron chi connectivity index (χ0n) is 19.6. The number of esters is 1. The molecule has 0 aliphatic heterocycles. The number of hydrogen-bond acceptors (Lipinski definition) is 6. The van der Waals surface area contributed by atoms with Crippen LogP contribution in [0.1, 0.15) is 23.6 Å². The van der Waals surface area contributed by atoms with Gasteiger partial charge in [-0.1, -0.05) is 0 Å². The van der Waals surface area contributed by atoms with Crippen LogP contribution in [0.15, 0.2) is 70.5 Å². The van der Waals surface area contributed by atoms with Gasteiger partial charge in [-0.25, -0.2) is 17.6 Å². The highest BCUT2D eigenvalue weighted by molar-refractivity contribution is 7.91. The standard InChI is InChI=1S/C25H17F7O6S/c1-2-37-22(34)10-3-14-11-18(24(27,28)29)23(19(12-14)25(30,31)32)38-16-6-9-20(33)21(13-16)39(35,36)17-7-4-15(26)5-8-17/h3-13,33H,2H2,1H3. The predicted molar refractivity (Wildman–Crippen MR) is 122 cm³/mol.